The van der Waals surface area contributed by atoms with Crippen LogP contribution in [0.3, 0.4) is 0 Å². The third-order valence-corrected chi connectivity index (χ3v) is 5.36. The number of hydrogen-bond donors (Lipinski definition) is 2. The Morgan fingerprint density at radius 1 is 0.967 bits per heavy atom. The zero-order valence-electron chi connectivity index (χ0n) is 16.4. The van der Waals surface area contributed by atoms with Crippen molar-refractivity contribution in [3.05, 3.63) is 60.9 Å². The number of nitrogens with one attached hydrogen (secondary N) is 2. The van der Waals surface area contributed by atoms with E-state index in [0.29, 0.717) is 11.5 Å². The average molecular weight is 399 g/mol. The van der Waals surface area contributed by atoms with E-state index in [2.05, 4.69) is 41.4 Å². The minimum absolute atomic E-state index is 0.317. The molecule has 4 aromatic rings. The molecule has 0 radical (unpaired) electrons. The second kappa shape index (κ2) is 7.90. The number of nitrogens with zero attached hydrogens (tertiary/aromatic N) is 5. The smallest absolute Gasteiger partial charge is 0.277 e. The van der Waals surface area contributed by atoms with Gasteiger partial charge in [-0.2, -0.15) is 5.10 Å². The predicted molar refractivity (Wildman–Crippen MR) is 115 cm³/mol. The molecule has 1 aliphatic rings. The number of rotatable bonds is 4. The normalized spacial score (nSPS) is 14.1. The van der Waals surface area contributed by atoms with Gasteiger partial charge in [-0.3, -0.25) is 19.9 Å². The molecule has 8 heteroatoms. The molecular weight excluding hydrogens is 378 g/mol. The maximum absolute atomic E-state index is 12.7. The molecule has 1 fully saturated rings. The van der Waals surface area contributed by atoms with Crippen molar-refractivity contribution in [2.24, 2.45) is 0 Å². The number of pyridine rings is 1. The van der Waals surface area contributed by atoms with Crippen LogP contribution in [-0.4, -0.2) is 44.1 Å². The van der Waals surface area contributed by atoms with Crippen molar-refractivity contribution in [1.29, 1.82) is 0 Å². The standard InChI is InChI=1S/C22H21N7O/c30-22(26-20-14-23-6-7-25-20)21-18-11-15(4-5-19(18)27-28-21)16-10-17(13-24-12-16)29-8-2-1-3-9-29/h4-7,10-14H,1-3,8-9H2,(H,27,28)(H,25,26,30). The van der Waals surface area contributed by atoms with Crippen LogP contribution < -0.4 is 10.2 Å². The number of piperidine rings is 1. The highest BCUT2D eigenvalue weighted by molar-refractivity contribution is 6.11. The van der Waals surface area contributed by atoms with E-state index in [1.54, 1.807) is 6.20 Å². The number of anilines is 2. The van der Waals surface area contributed by atoms with Crippen molar-refractivity contribution >= 4 is 28.3 Å². The van der Waals surface area contributed by atoms with Crippen LogP contribution >= 0.6 is 0 Å². The second-order valence-electron chi connectivity index (χ2n) is 7.36. The summed E-state index contributed by atoms with van der Waals surface area (Å²) in [4.78, 5) is 27.6. The summed E-state index contributed by atoms with van der Waals surface area (Å²) in [6.45, 7) is 2.14. The molecule has 4 heterocycles. The Morgan fingerprint density at radius 2 is 1.87 bits per heavy atom. The van der Waals surface area contributed by atoms with E-state index >= 15 is 0 Å². The molecule has 0 unspecified atom stereocenters. The van der Waals surface area contributed by atoms with E-state index in [1.807, 2.05) is 30.6 Å². The number of benzene rings is 1. The minimum atomic E-state index is -0.334. The van der Waals surface area contributed by atoms with Crippen LogP contribution in [-0.2, 0) is 0 Å². The van der Waals surface area contributed by atoms with E-state index in [0.717, 1.165) is 40.8 Å². The van der Waals surface area contributed by atoms with Crippen LogP contribution in [0.15, 0.2) is 55.2 Å². The SMILES string of the molecule is O=C(Nc1cnccn1)c1n[nH]c2ccc(-c3cncc(N4CCCCC4)c3)cc12. The Balaban J connectivity index is 1.46. The zero-order chi connectivity index (χ0) is 20.3. The maximum Gasteiger partial charge on any atom is 0.277 e. The summed E-state index contributed by atoms with van der Waals surface area (Å²) in [5.74, 6) is 0.0485. The number of H-pyrrole nitrogens is 1. The fraction of sp³-hybridized carbons (Fsp3) is 0.227. The molecule has 8 nitrogen and oxygen atoms in total. The van der Waals surface area contributed by atoms with Crippen molar-refractivity contribution in [3.63, 3.8) is 0 Å². The van der Waals surface area contributed by atoms with E-state index in [9.17, 15) is 4.79 Å². The van der Waals surface area contributed by atoms with Crippen LogP contribution in [0.4, 0.5) is 11.5 Å². The Labute approximate surface area is 173 Å². The van der Waals surface area contributed by atoms with Gasteiger partial charge in [-0.15, -0.1) is 0 Å². The molecule has 1 amide bonds. The maximum atomic E-state index is 12.7. The zero-order valence-corrected chi connectivity index (χ0v) is 16.4. The number of amides is 1. The van der Waals surface area contributed by atoms with Crippen LogP contribution in [0.2, 0.25) is 0 Å². The van der Waals surface area contributed by atoms with Gasteiger partial charge in [0, 0.05) is 42.6 Å². The van der Waals surface area contributed by atoms with Crippen LogP contribution in [0.25, 0.3) is 22.0 Å². The summed E-state index contributed by atoms with van der Waals surface area (Å²) >= 11 is 0. The molecule has 0 atom stereocenters. The molecule has 5 rings (SSSR count). The molecule has 1 saturated heterocycles. The third kappa shape index (κ3) is 3.59. The summed E-state index contributed by atoms with van der Waals surface area (Å²) in [6, 6.07) is 8.09. The van der Waals surface area contributed by atoms with Gasteiger partial charge in [-0.05, 0) is 43.0 Å². The topological polar surface area (TPSA) is 99.7 Å². The average Bonchev–Trinajstić information content (AvgIpc) is 3.24. The molecule has 0 saturated carbocycles. The Kier molecular flexibility index (Phi) is 4.80. The monoisotopic (exact) mass is 399 g/mol. The number of carbonyl (C=O) groups excluding carboxylic acids is 1. The Morgan fingerprint density at radius 3 is 2.70 bits per heavy atom. The van der Waals surface area contributed by atoms with Gasteiger partial charge in [0.05, 0.1) is 23.6 Å². The fourth-order valence-corrected chi connectivity index (χ4v) is 3.82. The Hall–Kier alpha value is -3.81. The van der Waals surface area contributed by atoms with Gasteiger partial charge in [0.1, 0.15) is 0 Å². The van der Waals surface area contributed by atoms with E-state index in [-0.39, 0.29) is 5.91 Å². The lowest BCUT2D eigenvalue weighted by Crippen LogP contribution is -2.29. The van der Waals surface area contributed by atoms with Gasteiger partial charge >= 0.3 is 0 Å². The molecule has 3 aromatic heterocycles. The van der Waals surface area contributed by atoms with Crippen molar-refractivity contribution in [1.82, 2.24) is 25.1 Å². The number of carbonyl (C=O) groups is 1. The molecule has 30 heavy (non-hydrogen) atoms. The Bertz CT molecular complexity index is 1180. The van der Waals surface area contributed by atoms with Crippen molar-refractivity contribution < 1.29 is 4.79 Å². The lowest BCUT2D eigenvalue weighted by molar-refractivity contribution is 0.102. The predicted octanol–water partition coefficient (Wildman–Crippen LogP) is 3.66. The fourth-order valence-electron chi connectivity index (χ4n) is 3.82. The van der Waals surface area contributed by atoms with Gasteiger partial charge < -0.3 is 10.2 Å². The number of aromatic amines is 1. The van der Waals surface area contributed by atoms with Crippen LogP contribution in [0.1, 0.15) is 29.8 Å². The molecule has 150 valence electrons. The van der Waals surface area contributed by atoms with Crippen molar-refractivity contribution in [3.8, 4) is 11.1 Å². The molecular formula is C22H21N7O. The first-order chi connectivity index (χ1) is 14.8. The summed E-state index contributed by atoms with van der Waals surface area (Å²) in [6.07, 6.45) is 12.1. The summed E-state index contributed by atoms with van der Waals surface area (Å²) in [7, 11) is 0. The van der Waals surface area contributed by atoms with Gasteiger partial charge in [0.15, 0.2) is 11.5 Å². The third-order valence-electron chi connectivity index (χ3n) is 5.36. The van der Waals surface area contributed by atoms with E-state index in [4.69, 9.17) is 0 Å². The van der Waals surface area contributed by atoms with Gasteiger partial charge in [-0.25, -0.2) is 4.98 Å². The molecule has 0 bridgehead atoms. The largest absolute Gasteiger partial charge is 0.370 e. The number of aromatic nitrogens is 5. The summed E-state index contributed by atoms with van der Waals surface area (Å²) < 4.78 is 0. The van der Waals surface area contributed by atoms with Gasteiger partial charge in [0.2, 0.25) is 0 Å². The highest BCUT2D eigenvalue weighted by atomic mass is 16.2. The summed E-state index contributed by atoms with van der Waals surface area (Å²) in [5.41, 5.74) is 4.26. The van der Waals surface area contributed by atoms with Crippen LogP contribution in [0.5, 0.6) is 0 Å². The molecule has 1 aliphatic heterocycles. The lowest BCUT2D eigenvalue weighted by atomic mass is 10.0. The van der Waals surface area contributed by atoms with Crippen LogP contribution in [0, 0.1) is 0 Å². The van der Waals surface area contributed by atoms with Gasteiger partial charge in [-0.1, -0.05) is 6.07 Å². The van der Waals surface area contributed by atoms with E-state index in [1.165, 1.54) is 31.7 Å². The minimum Gasteiger partial charge on any atom is -0.370 e. The molecule has 1 aromatic carbocycles. The first-order valence-electron chi connectivity index (χ1n) is 10.0. The highest BCUT2D eigenvalue weighted by Crippen LogP contribution is 2.28. The number of fused-ring (bicyclic) bond motifs is 1. The van der Waals surface area contributed by atoms with Gasteiger partial charge in [0.25, 0.3) is 5.91 Å². The molecule has 0 aliphatic carbocycles. The molecule has 2 N–H and O–H groups in total. The first kappa shape index (κ1) is 18.2. The second-order valence-corrected chi connectivity index (χ2v) is 7.36. The quantitative estimate of drug-likeness (QED) is 0.543. The number of hydrogen-bond acceptors (Lipinski definition) is 6. The van der Waals surface area contributed by atoms with Crippen molar-refractivity contribution in [2.75, 3.05) is 23.3 Å². The van der Waals surface area contributed by atoms with E-state index < -0.39 is 0 Å². The summed E-state index contributed by atoms with van der Waals surface area (Å²) in [5, 5.41) is 10.6. The van der Waals surface area contributed by atoms with Crippen molar-refractivity contribution in [2.45, 2.75) is 19.3 Å². The first-order valence-corrected chi connectivity index (χ1v) is 10.0. The lowest BCUT2D eigenvalue weighted by Gasteiger charge is -2.28. The molecule has 0 spiro atoms. The highest BCUT2D eigenvalue weighted by Gasteiger charge is 2.17.